The highest BCUT2D eigenvalue weighted by Gasteiger charge is 2.34. The van der Waals surface area contributed by atoms with Gasteiger partial charge in [0.1, 0.15) is 5.75 Å². The Hall–Kier alpha value is -3.15. The van der Waals surface area contributed by atoms with Crippen molar-refractivity contribution in [1.82, 2.24) is 5.43 Å². The lowest BCUT2D eigenvalue weighted by molar-refractivity contribution is -0.126. The molecule has 0 aliphatic carbocycles. The van der Waals surface area contributed by atoms with Gasteiger partial charge in [-0.2, -0.15) is 5.10 Å². The highest BCUT2D eigenvalue weighted by molar-refractivity contribution is 6.00. The molecule has 1 atom stereocenters. The van der Waals surface area contributed by atoms with Gasteiger partial charge in [0, 0.05) is 18.7 Å². The van der Waals surface area contributed by atoms with Crippen LogP contribution in [0, 0.1) is 5.92 Å². The first-order valence-electron chi connectivity index (χ1n) is 8.00. The number of carbonyl (C=O) groups excluding carboxylic acids is 2. The fourth-order valence-corrected chi connectivity index (χ4v) is 2.69. The number of nitrogens with zero attached hydrogens (tertiary/aromatic N) is 2. The summed E-state index contributed by atoms with van der Waals surface area (Å²) in [4.78, 5) is 26.0. The Labute approximate surface area is 146 Å². The lowest BCUT2D eigenvalue weighted by Crippen LogP contribution is -2.30. The standard InChI is InChI=1S/C19H19N3O3/c1-25-17-9-7-14(8-10-17)12-20-21-19(24)15-11-18(23)22(13-15)16-5-3-2-4-6-16/h2-10,12,15H,11,13H2,1H3,(H,21,24). The predicted octanol–water partition coefficient (Wildman–Crippen LogP) is 2.20. The molecule has 0 radical (unpaired) electrons. The molecule has 128 valence electrons. The number of anilines is 1. The van der Waals surface area contributed by atoms with Crippen molar-refractivity contribution in [3.05, 3.63) is 60.2 Å². The second-order valence-corrected chi connectivity index (χ2v) is 5.75. The minimum Gasteiger partial charge on any atom is -0.497 e. The van der Waals surface area contributed by atoms with E-state index in [0.717, 1.165) is 17.0 Å². The Morgan fingerprint density at radius 1 is 1.20 bits per heavy atom. The van der Waals surface area contributed by atoms with Gasteiger partial charge < -0.3 is 9.64 Å². The van der Waals surface area contributed by atoms with Gasteiger partial charge in [0.25, 0.3) is 0 Å². The predicted molar refractivity (Wildman–Crippen MR) is 95.6 cm³/mol. The van der Waals surface area contributed by atoms with Crippen molar-refractivity contribution in [2.24, 2.45) is 11.0 Å². The van der Waals surface area contributed by atoms with Gasteiger partial charge in [-0.3, -0.25) is 9.59 Å². The molecule has 1 N–H and O–H groups in total. The molecule has 0 spiro atoms. The van der Waals surface area contributed by atoms with E-state index in [9.17, 15) is 9.59 Å². The molecule has 3 rings (SSSR count). The number of para-hydroxylation sites is 1. The molecule has 0 aromatic heterocycles. The number of nitrogens with one attached hydrogen (secondary N) is 1. The quantitative estimate of drug-likeness (QED) is 0.672. The molecule has 6 heteroatoms. The van der Waals surface area contributed by atoms with Gasteiger partial charge in [-0.05, 0) is 42.0 Å². The molecule has 1 heterocycles. The number of ether oxygens (including phenoxy) is 1. The average molecular weight is 337 g/mol. The number of hydrazone groups is 1. The van der Waals surface area contributed by atoms with Crippen LogP contribution in [0.5, 0.6) is 5.75 Å². The molecule has 1 aliphatic rings. The minimum atomic E-state index is -0.402. The molecule has 25 heavy (non-hydrogen) atoms. The van der Waals surface area contributed by atoms with Crippen LogP contribution in [-0.4, -0.2) is 31.7 Å². The Morgan fingerprint density at radius 2 is 1.92 bits per heavy atom. The maximum absolute atomic E-state index is 12.2. The number of benzene rings is 2. The SMILES string of the molecule is COc1ccc(C=NNC(=O)C2CC(=O)N(c3ccccc3)C2)cc1. The van der Waals surface area contributed by atoms with Gasteiger partial charge in [-0.1, -0.05) is 18.2 Å². The lowest BCUT2D eigenvalue weighted by atomic mass is 10.1. The molecule has 1 unspecified atom stereocenters. The summed E-state index contributed by atoms with van der Waals surface area (Å²) in [5, 5.41) is 3.97. The van der Waals surface area contributed by atoms with E-state index >= 15 is 0 Å². The van der Waals surface area contributed by atoms with E-state index in [4.69, 9.17) is 4.74 Å². The molecule has 0 bridgehead atoms. The average Bonchev–Trinajstić information content (AvgIpc) is 3.05. The lowest BCUT2D eigenvalue weighted by Gasteiger charge is -2.16. The molecule has 2 aromatic rings. The topological polar surface area (TPSA) is 71.0 Å². The van der Waals surface area contributed by atoms with E-state index in [0.29, 0.717) is 6.54 Å². The number of amides is 2. The van der Waals surface area contributed by atoms with Gasteiger partial charge in [0.05, 0.1) is 19.2 Å². The third kappa shape index (κ3) is 4.03. The molecule has 1 saturated heterocycles. The maximum Gasteiger partial charge on any atom is 0.245 e. The van der Waals surface area contributed by atoms with Gasteiger partial charge in [-0.15, -0.1) is 0 Å². The van der Waals surface area contributed by atoms with Crippen LogP contribution in [0.4, 0.5) is 5.69 Å². The van der Waals surface area contributed by atoms with Crippen molar-refractivity contribution in [2.75, 3.05) is 18.6 Å². The third-order valence-corrected chi connectivity index (χ3v) is 4.07. The minimum absolute atomic E-state index is 0.0505. The molecular formula is C19H19N3O3. The van der Waals surface area contributed by atoms with Crippen molar-refractivity contribution >= 4 is 23.7 Å². The van der Waals surface area contributed by atoms with Crippen LogP contribution >= 0.6 is 0 Å². The van der Waals surface area contributed by atoms with Crippen LogP contribution in [0.1, 0.15) is 12.0 Å². The van der Waals surface area contributed by atoms with Crippen molar-refractivity contribution < 1.29 is 14.3 Å². The van der Waals surface area contributed by atoms with Gasteiger partial charge in [0.2, 0.25) is 11.8 Å². The zero-order chi connectivity index (χ0) is 17.6. The molecule has 6 nitrogen and oxygen atoms in total. The normalized spacial score (nSPS) is 17.1. The van der Waals surface area contributed by atoms with Crippen molar-refractivity contribution in [3.8, 4) is 5.75 Å². The molecule has 2 amide bonds. The van der Waals surface area contributed by atoms with E-state index in [1.807, 2.05) is 54.6 Å². The summed E-state index contributed by atoms with van der Waals surface area (Å²) in [5.41, 5.74) is 4.17. The first-order valence-corrected chi connectivity index (χ1v) is 8.00. The second-order valence-electron chi connectivity index (χ2n) is 5.75. The largest absolute Gasteiger partial charge is 0.497 e. The van der Waals surface area contributed by atoms with Crippen LogP contribution < -0.4 is 15.1 Å². The van der Waals surface area contributed by atoms with Gasteiger partial charge in [-0.25, -0.2) is 5.43 Å². The summed E-state index contributed by atoms with van der Waals surface area (Å²) < 4.78 is 5.09. The first kappa shape index (κ1) is 16.7. The Bertz CT molecular complexity index is 772. The Kier molecular flexibility index (Phi) is 5.09. The van der Waals surface area contributed by atoms with E-state index in [1.165, 1.54) is 0 Å². The molecule has 0 saturated carbocycles. The van der Waals surface area contributed by atoms with Crippen molar-refractivity contribution in [3.63, 3.8) is 0 Å². The fourth-order valence-electron chi connectivity index (χ4n) is 2.69. The molecular weight excluding hydrogens is 318 g/mol. The number of hydrogen-bond acceptors (Lipinski definition) is 4. The molecule has 2 aromatic carbocycles. The number of rotatable bonds is 5. The fraction of sp³-hybridized carbons (Fsp3) is 0.211. The van der Waals surface area contributed by atoms with Crippen LogP contribution in [0.15, 0.2) is 59.7 Å². The van der Waals surface area contributed by atoms with E-state index in [2.05, 4.69) is 10.5 Å². The van der Waals surface area contributed by atoms with Gasteiger partial charge >= 0.3 is 0 Å². The highest BCUT2D eigenvalue weighted by atomic mass is 16.5. The van der Waals surface area contributed by atoms with E-state index in [-0.39, 0.29) is 18.2 Å². The number of carbonyl (C=O) groups is 2. The van der Waals surface area contributed by atoms with Crippen molar-refractivity contribution in [1.29, 1.82) is 0 Å². The summed E-state index contributed by atoms with van der Waals surface area (Å²) in [5.74, 6) is 0.0504. The summed E-state index contributed by atoms with van der Waals surface area (Å²) in [6, 6.07) is 16.7. The zero-order valence-electron chi connectivity index (χ0n) is 13.9. The third-order valence-electron chi connectivity index (χ3n) is 4.07. The van der Waals surface area contributed by atoms with E-state index < -0.39 is 5.92 Å². The highest BCUT2D eigenvalue weighted by Crippen LogP contribution is 2.24. The van der Waals surface area contributed by atoms with Crippen LogP contribution in [0.3, 0.4) is 0 Å². The second kappa shape index (κ2) is 7.61. The zero-order valence-corrected chi connectivity index (χ0v) is 13.9. The number of methoxy groups -OCH3 is 1. The molecule has 1 aliphatic heterocycles. The van der Waals surface area contributed by atoms with Gasteiger partial charge in [0.15, 0.2) is 0 Å². The van der Waals surface area contributed by atoms with Crippen LogP contribution in [0.25, 0.3) is 0 Å². The monoisotopic (exact) mass is 337 g/mol. The smallest absolute Gasteiger partial charge is 0.245 e. The van der Waals surface area contributed by atoms with Crippen LogP contribution in [-0.2, 0) is 9.59 Å². The first-order chi connectivity index (χ1) is 12.2. The van der Waals surface area contributed by atoms with Crippen molar-refractivity contribution in [2.45, 2.75) is 6.42 Å². The Balaban J connectivity index is 1.56. The summed E-state index contributed by atoms with van der Waals surface area (Å²) >= 11 is 0. The van der Waals surface area contributed by atoms with Crippen LogP contribution in [0.2, 0.25) is 0 Å². The summed E-state index contributed by atoms with van der Waals surface area (Å²) in [7, 11) is 1.60. The summed E-state index contributed by atoms with van der Waals surface area (Å²) in [6.07, 6.45) is 1.75. The summed E-state index contributed by atoms with van der Waals surface area (Å²) in [6.45, 7) is 0.368. The molecule has 1 fully saturated rings. The number of hydrogen-bond donors (Lipinski definition) is 1. The van der Waals surface area contributed by atoms with E-state index in [1.54, 1.807) is 18.2 Å². The Morgan fingerprint density at radius 3 is 2.60 bits per heavy atom. The maximum atomic E-state index is 12.2.